The van der Waals surface area contributed by atoms with Crippen LogP contribution in [0.15, 0.2) is 66.7 Å². The van der Waals surface area contributed by atoms with Gasteiger partial charge in [0.1, 0.15) is 11.6 Å². The van der Waals surface area contributed by atoms with Crippen LogP contribution >= 0.6 is 11.6 Å². The van der Waals surface area contributed by atoms with Crippen molar-refractivity contribution in [2.45, 2.75) is 43.8 Å². The van der Waals surface area contributed by atoms with Gasteiger partial charge in [-0.1, -0.05) is 41.9 Å². The van der Waals surface area contributed by atoms with Gasteiger partial charge in [0.25, 0.3) is 5.91 Å². The van der Waals surface area contributed by atoms with Crippen LogP contribution in [0.3, 0.4) is 0 Å². The van der Waals surface area contributed by atoms with Gasteiger partial charge in [-0.25, -0.2) is 26.9 Å². The Morgan fingerprint density at radius 1 is 1.09 bits per heavy atom. The lowest BCUT2D eigenvalue weighted by molar-refractivity contribution is -0.119. The molecule has 1 heterocycles. The zero-order chi connectivity index (χ0) is 32.2. The summed E-state index contributed by atoms with van der Waals surface area (Å²) in [7, 11) is -2.49. The Morgan fingerprint density at radius 2 is 1.75 bits per heavy atom. The van der Waals surface area contributed by atoms with E-state index in [-0.39, 0.29) is 30.1 Å². The summed E-state index contributed by atoms with van der Waals surface area (Å²) >= 11 is 6.24. The molecule has 13 heteroatoms. The lowest BCUT2D eigenvalue weighted by Gasteiger charge is -2.39. The van der Waals surface area contributed by atoms with Crippen molar-refractivity contribution in [3.63, 3.8) is 0 Å². The molecule has 0 radical (unpaired) electrons. The molecule has 1 aliphatic rings. The molecule has 3 aromatic rings. The summed E-state index contributed by atoms with van der Waals surface area (Å²) < 4.78 is 61.2. The molecule has 1 aliphatic heterocycles. The highest BCUT2D eigenvalue weighted by molar-refractivity contribution is 7.88. The number of rotatable bonds is 9. The van der Waals surface area contributed by atoms with E-state index >= 15 is 4.39 Å². The van der Waals surface area contributed by atoms with E-state index in [0.29, 0.717) is 34.1 Å². The van der Waals surface area contributed by atoms with Crippen molar-refractivity contribution in [2.24, 2.45) is 5.73 Å². The van der Waals surface area contributed by atoms with Gasteiger partial charge in [0.15, 0.2) is 0 Å². The molecule has 0 bridgehead atoms. The van der Waals surface area contributed by atoms with Gasteiger partial charge in [0, 0.05) is 41.7 Å². The van der Waals surface area contributed by atoms with Gasteiger partial charge in [-0.15, -0.1) is 0 Å². The first-order valence-electron chi connectivity index (χ1n) is 14.0. The van der Waals surface area contributed by atoms with E-state index in [2.05, 4.69) is 5.32 Å². The SMILES string of the molecule is COC(=O)N(C(=O)[C@@H](N)[C@H](c1cccc(F)c1)c1cccc(Cl)c1)c1cccc(F)c1CC[C@H]1CNC[C@H](C)N1S(C)(=O)=O. The van der Waals surface area contributed by atoms with E-state index < -0.39 is 51.7 Å². The number of benzene rings is 3. The molecule has 3 aromatic carbocycles. The number of nitrogens with two attached hydrogens (primary N) is 1. The van der Waals surface area contributed by atoms with Crippen LogP contribution in [0.2, 0.25) is 5.02 Å². The highest BCUT2D eigenvalue weighted by Gasteiger charge is 2.38. The fourth-order valence-electron chi connectivity index (χ4n) is 5.84. The molecule has 0 aliphatic carbocycles. The molecule has 0 unspecified atom stereocenters. The van der Waals surface area contributed by atoms with Crippen LogP contribution in [0.1, 0.15) is 36.0 Å². The number of hydrogen-bond acceptors (Lipinski definition) is 7. The predicted molar refractivity (Wildman–Crippen MR) is 165 cm³/mol. The van der Waals surface area contributed by atoms with E-state index in [0.717, 1.165) is 13.4 Å². The first-order valence-corrected chi connectivity index (χ1v) is 16.2. The molecular formula is C31H35ClF2N4O5S. The summed E-state index contributed by atoms with van der Waals surface area (Å²) in [6.07, 6.45) is 0.212. The topological polar surface area (TPSA) is 122 Å². The molecule has 1 fully saturated rings. The molecule has 44 heavy (non-hydrogen) atoms. The Morgan fingerprint density at radius 3 is 2.39 bits per heavy atom. The Hall–Kier alpha value is -3.42. The number of imide groups is 1. The van der Waals surface area contributed by atoms with Crippen molar-refractivity contribution in [3.05, 3.63) is 100 Å². The monoisotopic (exact) mass is 648 g/mol. The number of carbonyl (C=O) groups is 2. The number of halogens is 3. The number of nitrogens with one attached hydrogen (secondary N) is 1. The zero-order valence-corrected chi connectivity index (χ0v) is 26.1. The number of sulfonamides is 1. The van der Waals surface area contributed by atoms with E-state index in [1.54, 1.807) is 37.3 Å². The van der Waals surface area contributed by atoms with Crippen LogP contribution in [0.5, 0.6) is 0 Å². The summed E-state index contributed by atoms with van der Waals surface area (Å²) in [5.41, 5.74) is 7.34. The number of anilines is 1. The maximum Gasteiger partial charge on any atom is 0.420 e. The van der Waals surface area contributed by atoms with E-state index in [4.69, 9.17) is 22.1 Å². The van der Waals surface area contributed by atoms with Crippen LogP contribution in [-0.4, -0.2) is 69.3 Å². The van der Waals surface area contributed by atoms with Crippen LogP contribution < -0.4 is 16.0 Å². The van der Waals surface area contributed by atoms with Crippen molar-refractivity contribution in [3.8, 4) is 0 Å². The van der Waals surface area contributed by atoms with Crippen molar-refractivity contribution < 1.29 is 31.5 Å². The average molecular weight is 649 g/mol. The molecule has 4 rings (SSSR count). The fraction of sp³-hybridized carbons (Fsp3) is 0.355. The van der Waals surface area contributed by atoms with Gasteiger partial charge < -0.3 is 15.8 Å². The van der Waals surface area contributed by atoms with Gasteiger partial charge in [0.05, 0.1) is 25.1 Å². The number of carbonyl (C=O) groups excluding carboxylic acids is 2. The molecule has 9 nitrogen and oxygen atoms in total. The lowest BCUT2D eigenvalue weighted by atomic mass is 9.84. The minimum atomic E-state index is -3.57. The molecular weight excluding hydrogens is 614 g/mol. The first-order chi connectivity index (χ1) is 20.8. The summed E-state index contributed by atoms with van der Waals surface area (Å²) in [5, 5.41) is 3.55. The number of methoxy groups -OCH3 is 1. The van der Waals surface area contributed by atoms with Gasteiger partial charge in [-0.05, 0) is 67.3 Å². The van der Waals surface area contributed by atoms with Crippen LogP contribution in [0, 0.1) is 11.6 Å². The van der Waals surface area contributed by atoms with Crippen LogP contribution in [-0.2, 0) is 26.0 Å². The van der Waals surface area contributed by atoms with Crippen molar-refractivity contribution in [1.82, 2.24) is 9.62 Å². The lowest BCUT2D eigenvalue weighted by Crippen LogP contribution is -2.58. The van der Waals surface area contributed by atoms with Crippen molar-refractivity contribution in [1.29, 1.82) is 0 Å². The Balaban J connectivity index is 1.74. The van der Waals surface area contributed by atoms with E-state index in [1.807, 2.05) is 0 Å². The maximum absolute atomic E-state index is 15.5. The predicted octanol–water partition coefficient (Wildman–Crippen LogP) is 4.43. The highest BCUT2D eigenvalue weighted by atomic mass is 35.5. The molecule has 3 N–H and O–H groups in total. The van der Waals surface area contributed by atoms with Gasteiger partial charge in [0.2, 0.25) is 10.0 Å². The third-order valence-corrected chi connectivity index (χ3v) is 9.36. The normalized spacial score (nSPS) is 18.8. The number of hydrogen-bond donors (Lipinski definition) is 2. The Bertz CT molecular complexity index is 1580. The number of ether oxygens (including phenoxy) is 1. The summed E-state index contributed by atoms with van der Waals surface area (Å²) in [5.74, 6) is -3.12. The number of amides is 2. The first kappa shape index (κ1) is 33.5. The van der Waals surface area contributed by atoms with E-state index in [1.165, 1.54) is 40.7 Å². The molecule has 0 aromatic heterocycles. The molecule has 0 saturated carbocycles. The third kappa shape index (κ3) is 7.44. The Kier molecular flexibility index (Phi) is 10.7. The summed E-state index contributed by atoms with van der Waals surface area (Å²) in [6, 6.07) is 13.8. The summed E-state index contributed by atoms with van der Waals surface area (Å²) in [4.78, 5) is 28.0. The van der Waals surface area contributed by atoms with Crippen LogP contribution in [0.4, 0.5) is 19.3 Å². The van der Waals surface area contributed by atoms with Gasteiger partial charge in [-0.3, -0.25) is 4.79 Å². The smallest absolute Gasteiger partial charge is 0.420 e. The zero-order valence-electron chi connectivity index (χ0n) is 24.5. The Labute approximate surface area is 261 Å². The molecule has 4 atom stereocenters. The molecule has 236 valence electrons. The maximum atomic E-state index is 15.5. The second-order valence-corrected chi connectivity index (χ2v) is 13.1. The quantitative estimate of drug-likeness (QED) is 0.352. The minimum Gasteiger partial charge on any atom is -0.452 e. The summed E-state index contributed by atoms with van der Waals surface area (Å²) in [6.45, 7) is 2.60. The fourth-order valence-corrected chi connectivity index (χ4v) is 7.49. The molecule has 1 saturated heterocycles. The van der Waals surface area contributed by atoms with Gasteiger partial charge in [-0.2, -0.15) is 4.31 Å². The van der Waals surface area contributed by atoms with Gasteiger partial charge >= 0.3 is 6.09 Å². The number of nitrogens with zero attached hydrogens (tertiary/aromatic N) is 2. The highest BCUT2D eigenvalue weighted by Crippen LogP contribution is 2.33. The second kappa shape index (κ2) is 14.1. The largest absolute Gasteiger partial charge is 0.452 e. The molecule has 0 spiro atoms. The van der Waals surface area contributed by atoms with Crippen LogP contribution in [0.25, 0.3) is 0 Å². The van der Waals surface area contributed by atoms with E-state index in [9.17, 15) is 22.4 Å². The number of piperazine rings is 1. The molecule has 2 amide bonds. The third-order valence-electron chi connectivity index (χ3n) is 7.70. The van der Waals surface area contributed by atoms with Crippen molar-refractivity contribution >= 4 is 39.3 Å². The van der Waals surface area contributed by atoms with Crippen molar-refractivity contribution in [2.75, 3.05) is 31.4 Å². The minimum absolute atomic E-state index is 0.00920. The second-order valence-electron chi connectivity index (χ2n) is 10.8. The standard InChI is InChI=1S/C31H35ClF2N4O5S/c1-19-17-36-18-24(38(19)44(3,41)42)13-14-25-26(34)11-6-12-27(25)37(31(40)43-2)30(39)29(35)28(20-7-4-9-22(32)15-20)21-8-5-10-23(33)16-21/h4-12,15-16,19,24,28-29,36H,13-14,17-18,35H2,1-3H3/t19-,24-,28-,29-/m0/s1. The average Bonchev–Trinajstić information content (AvgIpc) is 2.96.